The average molecular weight is 421 g/mol. The zero-order valence-corrected chi connectivity index (χ0v) is 17.9. The highest BCUT2D eigenvalue weighted by molar-refractivity contribution is 8.18. The van der Waals surface area contributed by atoms with E-state index in [2.05, 4.69) is 36.7 Å². The molecule has 4 rings (SSSR count). The van der Waals surface area contributed by atoms with Crippen LogP contribution in [0.2, 0.25) is 0 Å². The molecule has 2 amide bonds. The summed E-state index contributed by atoms with van der Waals surface area (Å²) in [6.07, 6.45) is 3.90. The highest BCUT2D eigenvalue weighted by atomic mass is 32.2. The summed E-state index contributed by atoms with van der Waals surface area (Å²) in [7, 11) is 0. The van der Waals surface area contributed by atoms with Crippen molar-refractivity contribution in [1.82, 2.24) is 9.47 Å². The molecule has 154 valence electrons. The van der Waals surface area contributed by atoms with E-state index in [1.54, 1.807) is 0 Å². The molecule has 0 unspecified atom stereocenters. The maximum absolute atomic E-state index is 12.8. The Balaban J connectivity index is 1.52. The smallest absolute Gasteiger partial charge is 0.293 e. The van der Waals surface area contributed by atoms with Gasteiger partial charge in [-0.05, 0) is 42.0 Å². The van der Waals surface area contributed by atoms with E-state index < -0.39 is 0 Å². The topological polar surface area (TPSA) is 51.5 Å². The molecule has 0 radical (unpaired) electrons. The zero-order valence-electron chi connectivity index (χ0n) is 17.1. The number of rotatable bonds is 7. The number of aromatic nitrogens is 1. The molecular weight excluding hydrogens is 396 g/mol. The van der Waals surface area contributed by atoms with Gasteiger partial charge in [0.05, 0.1) is 11.4 Å². The fourth-order valence-electron chi connectivity index (χ4n) is 3.54. The Morgan fingerprint density at radius 1 is 1.03 bits per heavy atom. The van der Waals surface area contributed by atoms with E-state index in [4.69, 9.17) is 4.74 Å². The van der Waals surface area contributed by atoms with Crippen LogP contribution in [0.3, 0.4) is 0 Å². The quantitative estimate of drug-likeness (QED) is 0.480. The molecule has 0 bridgehead atoms. The van der Waals surface area contributed by atoms with Crippen LogP contribution >= 0.6 is 11.8 Å². The van der Waals surface area contributed by atoms with Gasteiger partial charge < -0.3 is 9.30 Å². The second-order valence-electron chi connectivity index (χ2n) is 7.64. The number of imide groups is 1. The number of benzene rings is 2. The lowest BCUT2D eigenvalue weighted by molar-refractivity contribution is -0.123. The molecule has 0 atom stereocenters. The zero-order chi connectivity index (χ0) is 21.1. The third kappa shape index (κ3) is 4.28. The molecule has 2 heterocycles. The summed E-state index contributed by atoms with van der Waals surface area (Å²) < 4.78 is 7.85. The molecule has 30 heavy (non-hydrogen) atoms. The number of thioether (sulfide) groups is 1. The molecule has 1 saturated heterocycles. The molecule has 2 aromatic carbocycles. The molecule has 1 aliphatic heterocycles. The molecule has 1 aliphatic rings. The van der Waals surface area contributed by atoms with E-state index in [0.717, 1.165) is 40.5 Å². The van der Waals surface area contributed by atoms with E-state index in [0.29, 0.717) is 10.8 Å². The van der Waals surface area contributed by atoms with Crippen LogP contribution in [0, 0.1) is 5.92 Å². The molecular formula is C24H24N2O3S. The molecule has 6 heteroatoms. The van der Waals surface area contributed by atoms with Crippen molar-refractivity contribution in [3.8, 4) is 5.75 Å². The van der Waals surface area contributed by atoms with Crippen LogP contribution in [-0.2, 0) is 11.3 Å². The Hall–Kier alpha value is -2.99. The Bertz CT molecular complexity index is 1100. The highest BCUT2D eigenvalue weighted by Gasteiger charge is 2.35. The van der Waals surface area contributed by atoms with Crippen LogP contribution in [-0.4, -0.2) is 33.8 Å². The third-order valence-electron chi connectivity index (χ3n) is 4.87. The van der Waals surface area contributed by atoms with Crippen molar-refractivity contribution < 1.29 is 14.3 Å². The van der Waals surface area contributed by atoms with E-state index in [9.17, 15) is 9.59 Å². The van der Waals surface area contributed by atoms with Crippen LogP contribution in [0.15, 0.2) is 65.7 Å². The maximum atomic E-state index is 12.8. The first kappa shape index (κ1) is 20.3. The van der Waals surface area contributed by atoms with Crippen molar-refractivity contribution in [2.24, 2.45) is 5.92 Å². The predicted octanol–water partition coefficient (Wildman–Crippen LogP) is 5.41. The minimum atomic E-state index is -0.262. The standard InChI is InChI=1S/C24H24N2O3S/c1-17(2)15-25-16-18(20-10-6-7-11-21(20)25)14-22-23(27)26(24(28)30-22)12-13-29-19-8-4-3-5-9-19/h3-11,14,16-17H,12-13,15H2,1-2H3/b22-14-. The van der Waals surface area contributed by atoms with E-state index in [1.807, 2.05) is 48.5 Å². The monoisotopic (exact) mass is 420 g/mol. The number of hydrogen-bond donors (Lipinski definition) is 0. The van der Waals surface area contributed by atoms with Gasteiger partial charge in [0.25, 0.3) is 11.1 Å². The van der Waals surface area contributed by atoms with Gasteiger partial charge in [0.15, 0.2) is 0 Å². The first-order valence-electron chi connectivity index (χ1n) is 10.0. The van der Waals surface area contributed by atoms with E-state index >= 15 is 0 Å². The normalized spacial score (nSPS) is 15.7. The van der Waals surface area contributed by atoms with E-state index in [1.165, 1.54) is 4.90 Å². The number of ether oxygens (including phenoxy) is 1. The number of carbonyl (C=O) groups is 2. The van der Waals surface area contributed by atoms with Crippen molar-refractivity contribution in [2.75, 3.05) is 13.2 Å². The summed E-state index contributed by atoms with van der Waals surface area (Å²) in [5.74, 6) is 0.964. The van der Waals surface area contributed by atoms with Crippen LogP contribution in [0.4, 0.5) is 4.79 Å². The van der Waals surface area contributed by atoms with Crippen molar-refractivity contribution >= 4 is 39.9 Å². The molecule has 0 aliphatic carbocycles. The van der Waals surface area contributed by atoms with Gasteiger partial charge in [-0.3, -0.25) is 14.5 Å². The van der Waals surface area contributed by atoms with Crippen molar-refractivity contribution in [3.05, 3.63) is 71.3 Å². The Kier molecular flexibility index (Phi) is 5.95. The van der Waals surface area contributed by atoms with Crippen LogP contribution in [0.5, 0.6) is 5.75 Å². The average Bonchev–Trinajstić information content (AvgIpc) is 3.20. The fraction of sp³-hybridized carbons (Fsp3) is 0.250. The SMILES string of the molecule is CC(C)Cn1cc(/C=C2\SC(=O)N(CCOc3ccccc3)C2=O)c2ccccc21. The summed E-state index contributed by atoms with van der Waals surface area (Å²) in [6.45, 7) is 5.75. The fourth-order valence-corrected chi connectivity index (χ4v) is 4.40. The van der Waals surface area contributed by atoms with Gasteiger partial charge in [-0.1, -0.05) is 50.2 Å². The molecule has 1 aromatic heterocycles. The molecule has 0 spiro atoms. The van der Waals surface area contributed by atoms with Crippen LogP contribution in [0.1, 0.15) is 19.4 Å². The van der Waals surface area contributed by atoms with Crippen molar-refractivity contribution in [2.45, 2.75) is 20.4 Å². The lowest BCUT2D eigenvalue weighted by Crippen LogP contribution is -2.32. The highest BCUT2D eigenvalue weighted by Crippen LogP contribution is 2.34. The molecule has 0 N–H and O–H groups in total. The largest absolute Gasteiger partial charge is 0.492 e. The maximum Gasteiger partial charge on any atom is 0.293 e. The molecule has 5 nitrogen and oxygen atoms in total. The van der Waals surface area contributed by atoms with Gasteiger partial charge in [0.1, 0.15) is 12.4 Å². The Morgan fingerprint density at radius 2 is 1.77 bits per heavy atom. The summed E-state index contributed by atoms with van der Waals surface area (Å²) >= 11 is 0.988. The minimum Gasteiger partial charge on any atom is -0.492 e. The second-order valence-corrected chi connectivity index (χ2v) is 8.64. The van der Waals surface area contributed by atoms with E-state index in [-0.39, 0.29) is 24.3 Å². The predicted molar refractivity (Wildman–Crippen MR) is 121 cm³/mol. The third-order valence-corrected chi connectivity index (χ3v) is 5.78. The number of nitrogens with zero attached hydrogens (tertiary/aromatic N) is 2. The lowest BCUT2D eigenvalue weighted by Gasteiger charge is -2.13. The summed E-state index contributed by atoms with van der Waals surface area (Å²) in [4.78, 5) is 27.0. The number of hydrogen-bond acceptors (Lipinski definition) is 4. The lowest BCUT2D eigenvalue weighted by atomic mass is 10.1. The van der Waals surface area contributed by atoms with Gasteiger partial charge in [-0.25, -0.2) is 0 Å². The number of amides is 2. The molecule has 3 aromatic rings. The van der Waals surface area contributed by atoms with Gasteiger partial charge >= 0.3 is 0 Å². The molecule has 0 saturated carbocycles. The van der Waals surface area contributed by atoms with Crippen molar-refractivity contribution in [1.29, 1.82) is 0 Å². The number of fused-ring (bicyclic) bond motifs is 1. The van der Waals surface area contributed by atoms with Crippen LogP contribution in [0.25, 0.3) is 17.0 Å². The molecule has 1 fully saturated rings. The number of para-hydroxylation sites is 2. The van der Waals surface area contributed by atoms with Gasteiger partial charge in [0.2, 0.25) is 0 Å². The van der Waals surface area contributed by atoms with Gasteiger partial charge in [-0.2, -0.15) is 0 Å². The van der Waals surface area contributed by atoms with Crippen molar-refractivity contribution in [3.63, 3.8) is 0 Å². The summed E-state index contributed by atoms with van der Waals surface area (Å²) in [5.41, 5.74) is 2.09. The summed E-state index contributed by atoms with van der Waals surface area (Å²) in [6, 6.07) is 17.5. The van der Waals surface area contributed by atoms with Crippen LogP contribution < -0.4 is 4.74 Å². The second kappa shape index (κ2) is 8.79. The minimum absolute atomic E-state index is 0.228. The Morgan fingerprint density at radius 3 is 2.53 bits per heavy atom. The number of carbonyl (C=O) groups excluding carboxylic acids is 2. The first-order valence-corrected chi connectivity index (χ1v) is 10.9. The first-order chi connectivity index (χ1) is 14.5. The Labute approximate surface area is 180 Å². The van der Waals surface area contributed by atoms with Gasteiger partial charge in [0, 0.05) is 29.2 Å². The summed E-state index contributed by atoms with van der Waals surface area (Å²) in [5, 5.41) is 0.825. The van der Waals surface area contributed by atoms with Gasteiger partial charge in [-0.15, -0.1) is 0 Å².